The fraction of sp³-hybridized carbons (Fsp3) is 0.929. The molecule has 0 unspecified atom stereocenters. The number of carbonyl (C=O) groups is 1. The molecule has 0 aromatic heterocycles. The van der Waals surface area contributed by atoms with Crippen LogP contribution in [0.1, 0.15) is 60.3 Å². The van der Waals surface area contributed by atoms with Crippen molar-refractivity contribution < 1.29 is 9.53 Å². The summed E-state index contributed by atoms with van der Waals surface area (Å²) in [6.45, 7) is 11.1. The van der Waals surface area contributed by atoms with E-state index in [2.05, 4.69) is 19.2 Å². The molecular weight excluding hydrogens is 214 g/mol. The summed E-state index contributed by atoms with van der Waals surface area (Å²) in [5.41, 5.74) is -0.201. The van der Waals surface area contributed by atoms with Crippen LogP contribution in [0.15, 0.2) is 0 Å². The Morgan fingerprint density at radius 3 is 2.29 bits per heavy atom. The molecule has 0 saturated heterocycles. The Hall–Kier alpha value is -0.570. The van der Waals surface area contributed by atoms with E-state index in [1.54, 1.807) is 0 Å². The van der Waals surface area contributed by atoms with E-state index >= 15 is 0 Å². The second kappa shape index (κ2) is 5.38. The van der Waals surface area contributed by atoms with Crippen LogP contribution in [0.25, 0.3) is 0 Å². The SMILES string of the molecule is CC(C)(CCC(=O)OC(C)(C)C)CNC1CC1. The first-order valence-electron chi connectivity index (χ1n) is 6.63. The van der Waals surface area contributed by atoms with Gasteiger partial charge in [0.1, 0.15) is 5.60 Å². The molecule has 0 radical (unpaired) electrons. The van der Waals surface area contributed by atoms with E-state index in [1.807, 2.05) is 20.8 Å². The van der Waals surface area contributed by atoms with Crippen LogP contribution in [0.4, 0.5) is 0 Å². The van der Waals surface area contributed by atoms with Gasteiger partial charge < -0.3 is 10.1 Å². The number of ether oxygens (including phenoxy) is 1. The third-order valence-electron chi connectivity index (χ3n) is 2.87. The van der Waals surface area contributed by atoms with Crippen LogP contribution in [-0.2, 0) is 9.53 Å². The summed E-state index contributed by atoms with van der Waals surface area (Å²) in [5.74, 6) is -0.0861. The minimum Gasteiger partial charge on any atom is -0.460 e. The average molecular weight is 241 g/mol. The van der Waals surface area contributed by atoms with E-state index in [-0.39, 0.29) is 17.0 Å². The first kappa shape index (κ1) is 14.5. The molecule has 0 atom stereocenters. The maximum atomic E-state index is 11.6. The van der Waals surface area contributed by atoms with Gasteiger partial charge in [-0.1, -0.05) is 13.8 Å². The number of carbonyl (C=O) groups excluding carboxylic acids is 1. The number of rotatable bonds is 6. The minimum atomic E-state index is -0.368. The zero-order valence-electron chi connectivity index (χ0n) is 11.9. The molecule has 1 fully saturated rings. The molecule has 0 aliphatic heterocycles. The van der Waals surface area contributed by atoms with Crippen LogP contribution in [0.3, 0.4) is 0 Å². The van der Waals surface area contributed by atoms with Crippen LogP contribution in [0.5, 0.6) is 0 Å². The van der Waals surface area contributed by atoms with Crippen molar-refractivity contribution in [1.82, 2.24) is 5.32 Å². The van der Waals surface area contributed by atoms with E-state index in [4.69, 9.17) is 4.74 Å². The van der Waals surface area contributed by atoms with Crippen LogP contribution in [0.2, 0.25) is 0 Å². The number of nitrogens with one attached hydrogen (secondary N) is 1. The van der Waals surface area contributed by atoms with Gasteiger partial charge in [-0.25, -0.2) is 0 Å². The Balaban J connectivity index is 2.20. The highest BCUT2D eigenvalue weighted by atomic mass is 16.6. The number of hydrogen-bond acceptors (Lipinski definition) is 3. The van der Waals surface area contributed by atoms with Gasteiger partial charge in [0.2, 0.25) is 0 Å². The largest absolute Gasteiger partial charge is 0.460 e. The molecule has 1 rings (SSSR count). The van der Waals surface area contributed by atoms with Gasteiger partial charge in [-0.05, 0) is 45.4 Å². The zero-order chi connectivity index (χ0) is 13.1. The molecular formula is C14H27NO2. The number of esters is 1. The van der Waals surface area contributed by atoms with Crippen molar-refractivity contribution in [2.24, 2.45) is 5.41 Å². The van der Waals surface area contributed by atoms with Crippen molar-refractivity contribution >= 4 is 5.97 Å². The van der Waals surface area contributed by atoms with Gasteiger partial charge in [-0.3, -0.25) is 4.79 Å². The maximum absolute atomic E-state index is 11.6. The molecule has 0 amide bonds. The quantitative estimate of drug-likeness (QED) is 0.727. The Labute approximate surface area is 105 Å². The van der Waals surface area contributed by atoms with Crippen LogP contribution >= 0.6 is 0 Å². The van der Waals surface area contributed by atoms with Crippen molar-refractivity contribution in [1.29, 1.82) is 0 Å². The summed E-state index contributed by atoms with van der Waals surface area (Å²) in [7, 11) is 0. The molecule has 3 nitrogen and oxygen atoms in total. The highest BCUT2D eigenvalue weighted by Crippen LogP contribution is 2.25. The first-order valence-corrected chi connectivity index (χ1v) is 6.63. The summed E-state index contributed by atoms with van der Waals surface area (Å²) in [6.07, 6.45) is 4.00. The molecule has 0 heterocycles. The molecule has 3 heteroatoms. The molecule has 0 aromatic rings. The summed E-state index contributed by atoms with van der Waals surface area (Å²) in [6, 6.07) is 0.732. The summed E-state index contributed by atoms with van der Waals surface area (Å²) in [5, 5.41) is 3.52. The lowest BCUT2D eigenvalue weighted by molar-refractivity contribution is -0.155. The van der Waals surface area contributed by atoms with Crippen LogP contribution < -0.4 is 5.32 Å². The van der Waals surface area contributed by atoms with E-state index in [0.29, 0.717) is 6.42 Å². The predicted octanol–water partition coefficient (Wildman–Crippen LogP) is 2.89. The van der Waals surface area contributed by atoms with Crippen molar-refractivity contribution in [2.45, 2.75) is 71.9 Å². The van der Waals surface area contributed by atoms with Crippen molar-refractivity contribution in [3.05, 3.63) is 0 Å². The topological polar surface area (TPSA) is 38.3 Å². The maximum Gasteiger partial charge on any atom is 0.306 e. The fourth-order valence-electron chi connectivity index (χ4n) is 1.63. The molecule has 0 aromatic carbocycles. The van der Waals surface area contributed by atoms with Gasteiger partial charge in [0.05, 0.1) is 0 Å². The van der Waals surface area contributed by atoms with Gasteiger partial charge in [0, 0.05) is 19.0 Å². The average Bonchev–Trinajstić information content (AvgIpc) is 2.93. The normalized spacial score (nSPS) is 17.0. The van der Waals surface area contributed by atoms with Crippen LogP contribution in [-0.4, -0.2) is 24.2 Å². The summed E-state index contributed by atoms with van der Waals surface area (Å²) < 4.78 is 5.31. The third kappa shape index (κ3) is 7.37. The predicted molar refractivity (Wildman–Crippen MR) is 69.9 cm³/mol. The van der Waals surface area contributed by atoms with Gasteiger partial charge in [-0.15, -0.1) is 0 Å². The monoisotopic (exact) mass is 241 g/mol. The van der Waals surface area contributed by atoms with Crippen molar-refractivity contribution in [2.75, 3.05) is 6.54 Å². The molecule has 0 bridgehead atoms. The number of hydrogen-bond donors (Lipinski definition) is 1. The van der Waals surface area contributed by atoms with Gasteiger partial charge >= 0.3 is 5.97 Å². The van der Waals surface area contributed by atoms with Gasteiger partial charge in [0.25, 0.3) is 0 Å². The van der Waals surface area contributed by atoms with Crippen molar-refractivity contribution in [3.8, 4) is 0 Å². The first-order chi connectivity index (χ1) is 7.68. The molecule has 1 saturated carbocycles. The fourth-order valence-corrected chi connectivity index (χ4v) is 1.63. The van der Waals surface area contributed by atoms with Gasteiger partial charge in [-0.2, -0.15) is 0 Å². The lowest BCUT2D eigenvalue weighted by atomic mass is 9.87. The molecule has 1 N–H and O–H groups in total. The lowest BCUT2D eigenvalue weighted by Gasteiger charge is -2.26. The minimum absolute atomic E-state index is 0.0861. The lowest BCUT2D eigenvalue weighted by Crippen LogP contribution is -2.32. The molecule has 0 spiro atoms. The Bertz CT molecular complexity index is 262. The van der Waals surface area contributed by atoms with E-state index in [0.717, 1.165) is 19.0 Å². The van der Waals surface area contributed by atoms with Crippen molar-refractivity contribution in [3.63, 3.8) is 0 Å². The smallest absolute Gasteiger partial charge is 0.306 e. The summed E-state index contributed by atoms with van der Waals surface area (Å²) in [4.78, 5) is 11.6. The molecule has 1 aliphatic rings. The highest BCUT2D eigenvalue weighted by Gasteiger charge is 2.26. The highest BCUT2D eigenvalue weighted by molar-refractivity contribution is 5.69. The second-order valence-electron chi connectivity index (χ2n) is 6.91. The Morgan fingerprint density at radius 1 is 1.24 bits per heavy atom. The third-order valence-corrected chi connectivity index (χ3v) is 2.87. The van der Waals surface area contributed by atoms with Gasteiger partial charge in [0.15, 0.2) is 0 Å². The van der Waals surface area contributed by atoms with E-state index in [1.165, 1.54) is 12.8 Å². The summed E-state index contributed by atoms with van der Waals surface area (Å²) >= 11 is 0. The standard InChI is InChI=1S/C14H27NO2/c1-13(2,3)17-12(16)8-9-14(4,5)10-15-11-6-7-11/h11,15H,6-10H2,1-5H3. The molecule has 17 heavy (non-hydrogen) atoms. The van der Waals surface area contributed by atoms with E-state index < -0.39 is 0 Å². The molecule has 1 aliphatic carbocycles. The van der Waals surface area contributed by atoms with Crippen LogP contribution in [0, 0.1) is 5.41 Å². The Morgan fingerprint density at radius 2 is 1.82 bits per heavy atom. The van der Waals surface area contributed by atoms with E-state index in [9.17, 15) is 4.79 Å². The Kier molecular flexibility index (Phi) is 4.59. The second-order valence-corrected chi connectivity index (χ2v) is 6.91. The zero-order valence-corrected chi connectivity index (χ0v) is 11.9. The molecule has 100 valence electrons.